The van der Waals surface area contributed by atoms with Crippen LogP contribution in [0.25, 0.3) is 0 Å². The summed E-state index contributed by atoms with van der Waals surface area (Å²) in [6, 6.07) is 1.89. The third kappa shape index (κ3) is 4.38. The van der Waals surface area contributed by atoms with E-state index in [0.717, 1.165) is 17.7 Å². The van der Waals surface area contributed by atoms with Crippen molar-refractivity contribution in [3.05, 3.63) is 24.0 Å². The van der Waals surface area contributed by atoms with E-state index < -0.39 is 12.7 Å². The maximum Gasteiger partial charge on any atom is 0.401 e. The van der Waals surface area contributed by atoms with Gasteiger partial charge in [0.05, 0.1) is 6.54 Å². The Balaban J connectivity index is 1.78. The summed E-state index contributed by atoms with van der Waals surface area (Å²) in [5.41, 5.74) is 2.05. The Morgan fingerprint density at radius 3 is 2.95 bits per heavy atom. The Kier molecular flexibility index (Phi) is 4.29. The number of hydrogen-bond acceptors (Lipinski definition) is 3. The summed E-state index contributed by atoms with van der Waals surface area (Å²) >= 11 is 0. The average molecular weight is 273 g/mol. The second-order valence-electron chi connectivity index (χ2n) is 5.08. The number of aromatic nitrogens is 1. The smallest absolute Gasteiger partial charge is 0.384 e. The van der Waals surface area contributed by atoms with E-state index in [0.29, 0.717) is 19.6 Å². The SMILES string of the molecule is Cc1cnccc1NCC1CCN(CC(F)(F)F)C1. The van der Waals surface area contributed by atoms with Crippen molar-refractivity contribution in [2.45, 2.75) is 19.5 Å². The van der Waals surface area contributed by atoms with Crippen LogP contribution >= 0.6 is 0 Å². The summed E-state index contributed by atoms with van der Waals surface area (Å²) in [7, 11) is 0. The number of aryl methyl sites for hydroxylation is 1. The maximum atomic E-state index is 12.3. The van der Waals surface area contributed by atoms with Gasteiger partial charge in [-0.15, -0.1) is 0 Å². The molecule has 1 atom stereocenters. The number of likely N-dealkylation sites (tertiary alicyclic amines) is 1. The average Bonchev–Trinajstić information content (AvgIpc) is 2.73. The van der Waals surface area contributed by atoms with E-state index in [1.807, 2.05) is 13.0 Å². The zero-order chi connectivity index (χ0) is 13.9. The van der Waals surface area contributed by atoms with Crippen LogP contribution in [0.5, 0.6) is 0 Å². The molecule has 0 bridgehead atoms. The zero-order valence-corrected chi connectivity index (χ0v) is 10.9. The van der Waals surface area contributed by atoms with Crippen LogP contribution in [-0.2, 0) is 0 Å². The molecule has 1 aromatic heterocycles. The fourth-order valence-corrected chi connectivity index (χ4v) is 2.40. The molecule has 6 heteroatoms. The third-order valence-electron chi connectivity index (χ3n) is 3.37. The van der Waals surface area contributed by atoms with Gasteiger partial charge in [0.2, 0.25) is 0 Å². The fourth-order valence-electron chi connectivity index (χ4n) is 2.40. The minimum absolute atomic E-state index is 0.273. The Labute approximate surface area is 110 Å². The fraction of sp³-hybridized carbons (Fsp3) is 0.615. The van der Waals surface area contributed by atoms with Crippen molar-refractivity contribution in [2.24, 2.45) is 5.92 Å². The molecule has 0 amide bonds. The Bertz CT molecular complexity index is 420. The summed E-state index contributed by atoms with van der Waals surface area (Å²) in [5, 5.41) is 3.29. The molecule has 1 fully saturated rings. The second-order valence-corrected chi connectivity index (χ2v) is 5.08. The predicted octanol–water partition coefficient (Wildman–Crippen LogP) is 2.69. The summed E-state index contributed by atoms with van der Waals surface area (Å²) in [5.74, 6) is 0.273. The number of alkyl halides is 3. The van der Waals surface area contributed by atoms with Gasteiger partial charge in [0.25, 0.3) is 0 Å². The lowest BCUT2D eigenvalue weighted by Gasteiger charge is -2.18. The topological polar surface area (TPSA) is 28.2 Å². The van der Waals surface area contributed by atoms with E-state index in [4.69, 9.17) is 0 Å². The van der Waals surface area contributed by atoms with Crippen LogP contribution in [-0.4, -0.2) is 42.2 Å². The standard InChI is InChI=1S/C13H18F3N3/c1-10-6-17-4-2-12(10)18-7-11-3-5-19(8-11)9-13(14,15)16/h2,4,6,11H,3,5,7-9H2,1H3,(H,17,18). The van der Waals surface area contributed by atoms with Crippen LogP contribution in [0.4, 0.5) is 18.9 Å². The highest BCUT2D eigenvalue weighted by Gasteiger charge is 2.34. The van der Waals surface area contributed by atoms with E-state index in [1.54, 1.807) is 12.4 Å². The van der Waals surface area contributed by atoms with Gasteiger partial charge in [-0.2, -0.15) is 13.2 Å². The highest BCUT2D eigenvalue weighted by atomic mass is 19.4. The molecule has 0 saturated carbocycles. The number of nitrogens with one attached hydrogen (secondary N) is 1. The minimum Gasteiger partial charge on any atom is -0.384 e. The molecule has 1 aliphatic heterocycles. The van der Waals surface area contributed by atoms with Crippen LogP contribution in [0.3, 0.4) is 0 Å². The molecule has 1 unspecified atom stereocenters. The highest BCUT2D eigenvalue weighted by molar-refractivity contribution is 5.48. The maximum absolute atomic E-state index is 12.3. The molecule has 0 radical (unpaired) electrons. The van der Waals surface area contributed by atoms with Gasteiger partial charge in [-0.05, 0) is 37.4 Å². The first-order valence-corrected chi connectivity index (χ1v) is 6.37. The van der Waals surface area contributed by atoms with Crippen molar-refractivity contribution in [3.63, 3.8) is 0 Å². The molecule has 19 heavy (non-hydrogen) atoms. The number of hydrogen-bond donors (Lipinski definition) is 1. The number of pyridine rings is 1. The van der Waals surface area contributed by atoms with Gasteiger partial charge in [0, 0.05) is 31.2 Å². The first-order chi connectivity index (χ1) is 8.94. The van der Waals surface area contributed by atoms with E-state index in [9.17, 15) is 13.2 Å². The molecule has 106 valence electrons. The van der Waals surface area contributed by atoms with Gasteiger partial charge in [-0.25, -0.2) is 0 Å². The van der Waals surface area contributed by atoms with Crippen LogP contribution in [0.2, 0.25) is 0 Å². The van der Waals surface area contributed by atoms with Crippen LogP contribution in [0.15, 0.2) is 18.5 Å². The molecule has 0 aliphatic carbocycles. The largest absolute Gasteiger partial charge is 0.401 e. The summed E-state index contributed by atoms with van der Waals surface area (Å²) < 4.78 is 36.8. The molecular weight excluding hydrogens is 255 g/mol. The molecule has 2 rings (SSSR count). The van der Waals surface area contributed by atoms with Crippen LogP contribution in [0, 0.1) is 12.8 Å². The molecule has 3 nitrogen and oxygen atoms in total. The van der Waals surface area contributed by atoms with Crippen LogP contribution in [0.1, 0.15) is 12.0 Å². The van der Waals surface area contributed by atoms with Crippen molar-refractivity contribution < 1.29 is 13.2 Å². The molecule has 0 spiro atoms. The van der Waals surface area contributed by atoms with E-state index in [2.05, 4.69) is 10.3 Å². The van der Waals surface area contributed by atoms with Crippen molar-refractivity contribution in [1.82, 2.24) is 9.88 Å². The molecule has 1 saturated heterocycles. The van der Waals surface area contributed by atoms with E-state index in [-0.39, 0.29) is 5.92 Å². The third-order valence-corrected chi connectivity index (χ3v) is 3.37. The number of rotatable bonds is 4. The minimum atomic E-state index is -4.09. The van der Waals surface area contributed by atoms with Crippen molar-refractivity contribution in [2.75, 3.05) is 31.5 Å². The van der Waals surface area contributed by atoms with Crippen molar-refractivity contribution in [1.29, 1.82) is 0 Å². The second kappa shape index (κ2) is 5.77. The zero-order valence-electron chi connectivity index (χ0n) is 10.9. The van der Waals surface area contributed by atoms with E-state index in [1.165, 1.54) is 4.90 Å². The van der Waals surface area contributed by atoms with Gasteiger partial charge >= 0.3 is 6.18 Å². The van der Waals surface area contributed by atoms with Gasteiger partial charge in [-0.1, -0.05) is 0 Å². The first-order valence-electron chi connectivity index (χ1n) is 6.37. The highest BCUT2D eigenvalue weighted by Crippen LogP contribution is 2.23. The summed E-state index contributed by atoms with van der Waals surface area (Å²) in [6.45, 7) is 2.91. The van der Waals surface area contributed by atoms with Gasteiger partial charge < -0.3 is 5.32 Å². The lowest BCUT2D eigenvalue weighted by molar-refractivity contribution is -0.143. The molecular formula is C13H18F3N3. The Morgan fingerprint density at radius 1 is 1.47 bits per heavy atom. The van der Waals surface area contributed by atoms with Gasteiger partial charge in [0.1, 0.15) is 0 Å². The van der Waals surface area contributed by atoms with Crippen molar-refractivity contribution >= 4 is 5.69 Å². The Hall–Kier alpha value is -1.30. The summed E-state index contributed by atoms with van der Waals surface area (Å²) in [6.07, 6.45) is 0.199. The number of nitrogens with zero attached hydrogens (tertiary/aromatic N) is 2. The molecule has 0 aromatic carbocycles. The molecule has 2 heterocycles. The van der Waals surface area contributed by atoms with Crippen LogP contribution < -0.4 is 5.32 Å². The Morgan fingerprint density at radius 2 is 2.26 bits per heavy atom. The normalized spacial score (nSPS) is 20.7. The monoisotopic (exact) mass is 273 g/mol. The molecule has 1 aliphatic rings. The molecule has 1 aromatic rings. The predicted molar refractivity (Wildman–Crippen MR) is 68.1 cm³/mol. The van der Waals surface area contributed by atoms with E-state index >= 15 is 0 Å². The van der Waals surface area contributed by atoms with Crippen molar-refractivity contribution in [3.8, 4) is 0 Å². The molecule has 1 N–H and O–H groups in total. The van der Waals surface area contributed by atoms with Gasteiger partial charge in [0.15, 0.2) is 0 Å². The van der Waals surface area contributed by atoms with Gasteiger partial charge in [-0.3, -0.25) is 9.88 Å². The number of anilines is 1. The lowest BCUT2D eigenvalue weighted by atomic mass is 10.1. The quantitative estimate of drug-likeness (QED) is 0.914. The summed E-state index contributed by atoms with van der Waals surface area (Å²) in [4.78, 5) is 5.48. The first kappa shape index (κ1) is 14.1. The number of halogens is 3. The lowest BCUT2D eigenvalue weighted by Crippen LogP contribution is -2.33.